The molecule has 0 radical (unpaired) electrons. The number of nitrogens with zero attached hydrogens (tertiary/aromatic N) is 6. The molecular formula is C60H107N11O12. The minimum absolute atomic E-state index is 0.0191. The second kappa shape index (κ2) is 34.0. The molecule has 1 rings (SSSR count). The number of likely N-dealkylation sites (N-methyl/N-ethyl adjacent to an activating group) is 6. The number of aliphatic hydroxyl groups is 1. The molecule has 0 spiro atoms. The Bertz CT molecular complexity index is 2270. The van der Waals surface area contributed by atoms with Crippen LogP contribution in [0.15, 0.2) is 12.2 Å². The van der Waals surface area contributed by atoms with E-state index in [2.05, 4.69) is 26.6 Å². The summed E-state index contributed by atoms with van der Waals surface area (Å²) in [6, 6.07) is -12.4. The second-order valence-electron chi connectivity index (χ2n) is 25.2. The minimum Gasteiger partial charge on any atom is -0.390 e. The SMILES string of the molecule is C/C=C/C[C@@H](C)[C@@H](O)[C@H]1C(=O)N[C@@H](CC)C(=O)N(C)CC(=O)N[C@@H](C(C)C)C(=O)N[C@@H](C(C)C)C(=O)N(C)[C@@H](CC(C)C)C(=O)N[C@@H](C)C(=O)N[C@H](C)C(=O)N(C)[C@@H](CC(C)C)C(=O)N(C)[C@H](CC(C)C)C(=O)N(C)[C@H](C(C)C)C(=O)N1C. The number of hydrogen-bond acceptors (Lipinski definition) is 12. The average Bonchev–Trinajstić information content (AvgIpc) is 3.53. The Balaban J connectivity index is 4.25. The Labute approximate surface area is 495 Å². The molecule has 23 heteroatoms. The van der Waals surface area contributed by atoms with Crippen LogP contribution in [-0.4, -0.2) is 215 Å². The molecule has 6 N–H and O–H groups in total. The number of hydrogen-bond donors (Lipinski definition) is 6. The molecule has 1 aliphatic heterocycles. The first-order valence-electron chi connectivity index (χ1n) is 29.7. The summed E-state index contributed by atoms with van der Waals surface area (Å²) in [7, 11) is 8.44. The molecule has 23 nitrogen and oxygen atoms in total. The van der Waals surface area contributed by atoms with Crippen molar-refractivity contribution in [2.24, 2.45) is 41.4 Å². The van der Waals surface area contributed by atoms with Crippen molar-refractivity contribution in [3.05, 3.63) is 12.2 Å². The fourth-order valence-electron chi connectivity index (χ4n) is 10.3. The molecular weight excluding hydrogens is 1070 g/mol. The summed E-state index contributed by atoms with van der Waals surface area (Å²) in [5.41, 5.74) is 0. The van der Waals surface area contributed by atoms with Crippen molar-refractivity contribution in [3.63, 3.8) is 0 Å². The average molecular weight is 1170 g/mol. The van der Waals surface area contributed by atoms with Gasteiger partial charge in [-0.2, -0.15) is 0 Å². The zero-order chi connectivity index (χ0) is 64.4. The largest absolute Gasteiger partial charge is 0.390 e. The first kappa shape index (κ1) is 74.9. The number of aliphatic hydroxyl groups excluding tert-OH is 1. The molecule has 12 atom stereocenters. The molecule has 1 fully saturated rings. The number of amides is 11. The van der Waals surface area contributed by atoms with Gasteiger partial charge in [-0.15, -0.1) is 0 Å². The molecule has 0 aromatic carbocycles. The highest BCUT2D eigenvalue weighted by Gasteiger charge is 2.45. The molecule has 1 saturated heterocycles. The van der Waals surface area contributed by atoms with Gasteiger partial charge in [-0.05, 0) is 94.3 Å². The maximum absolute atomic E-state index is 15.1. The van der Waals surface area contributed by atoms with Crippen molar-refractivity contribution in [2.45, 2.75) is 216 Å². The molecule has 1 heterocycles. The van der Waals surface area contributed by atoms with E-state index < -0.39 is 162 Å². The third-order valence-corrected chi connectivity index (χ3v) is 15.5. The summed E-state index contributed by atoms with van der Waals surface area (Å²) in [5, 5.41) is 25.6. The number of carbonyl (C=O) groups excluding carboxylic acids is 11. The Morgan fingerprint density at radius 3 is 1.37 bits per heavy atom. The van der Waals surface area contributed by atoms with Crippen LogP contribution >= 0.6 is 0 Å². The Kier molecular flexibility index (Phi) is 30.7. The van der Waals surface area contributed by atoms with Crippen LogP contribution in [0, 0.1) is 41.4 Å². The third kappa shape index (κ3) is 21.2. The van der Waals surface area contributed by atoms with E-state index >= 15 is 9.59 Å². The second-order valence-corrected chi connectivity index (χ2v) is 25.2. The van der Waals surface area contributed by atoms with Gasteiger partial charge in [0.25, 0.3) is 0 Å². The predicted molar refractivity (Wildman–Crippen MR) is 319 cm³/mol. The molecule has 0 unspecified atom stereocenters. The van der Waals surface area contributed by atoms with Crippen LogP contribution < -0.4 is 26.6 Å². The van der Waals surface area contributed by atoms with Gasteiger partial charge in [0.15, 0.2) is 0 Å². The predicted octanol–water partition coefficient (Wildman–Crippen LogP) is 2.54. The lowest BCUT2D eigenvalue weighted by atomic mass is 9.91. The monoisotopic (exact) mass is 1170 g/mol. The summed E-state index contributed by atoms with van der Waals surface area (Å²) < 4.78 is 0. The molecule has 83 heavy (non-hydrogen) atoms. The lowest BCUT2D eigenvalue weighted by molar-refractivity contribution is -0.157. The highest BCUT2D eigenvalue weighted by atomic mass is 16.3. The molecule has 11 amide bonds. The maximum Gasteiger partial charge on any atom is 0.246 e. The smallest absolute Gasteiger partial charge is 0.246 e. The molecule has 474 valence electrons. The van der Waals surface area contributed by atoms with Crippen molar-refractivity contribution >= 4 is 65.0 Å². The first-order valence-corrected chi connectivity index (χ1v) is 29.7. The minimum atomic E-state index is -1.61. The summed E-state index contributed by atoms with van der Waals surface area (Å²) in [6.07, 6.45) is 2.87. The Hall–Kier alpha value is -6.13. The quantitative estimate of drug-likeness (QED) is 0.137. The van der Waals surface area contributed by atoms with Gasteiger partial charge in [0.2, 0.25) is 65.0 Å². The molecule has 0 aliphatic carbocycles. The number of rotatable bonds is 14. The third-order valence-electron chi connectivity index (χ3n) is 15.5. The van der Waals surface area contributed by atoms with E-state index in [-0.39, 0.29) is 43.4 Å². The van der Waals surface area contributed by atoms with Gasteiger partial charge >= 0.3 is 0 Å². The Morgan fingerprint density at radius 2 is 0.916 bits per heavy atom. The van der Waals surface area contributed by atoms with Crippen LogP contribution in [0.2, 0.25) is 0 Å². The maximum atomic E-state index is 15.1. The van der Waals surface area contributed by atoms with Crippen LogP contribution in [0.1, 0.15) is 150 Å². The molecule has 0 aromatic heterocycles. The van der Waals surface area contributed by atoms with Crippen LogP contribution in [0.25, 0.3) is 0 Å². The van der Waals surface area contributed by atoms with E-state index in [1.54, 1.807) is 74.5 Å². The first-order chi connectivity index (χ1) is 38.3. The van der Waals surface area contributed by atoms with Crippen LogP contribution in [0.3, 0.4) is 0 Å². The Morgan fingerprint density at radius 1 is 0.470 bits per heavy atom. The van der Waals surface area contributed by atoms with E-state index in [1.165, 1.54) is 75.7 Å². The molecule has 1 aliphatic rings. The summed E-state index contributed by atoms with van der Waals surface area (Å²) in [6.45, 7) is 28.8. The summed E-state index contributed by atoms with van der Waals surface area (Å²) >= 11 is 0. The zero-order valence-electron chi connectivity index (χ0n) is 54.4. The summed E-state index contributed by atoms with van der Waals surface area (Å²) in [4.78, 5) is 166. The molecule has 0 bridgehead atoms. The standard InChI is InChI=1S/C60H107N11O12/c1-24-26-27-38(15)50(73)49-54(77)63-41(25-2)56(79)66(18)31-45(72)64-46(35(9)10)53(76)65-47(36(11)12)59(82)67(19)42(28-32(3)4)52(75)61-39(16)51(74)62-40(17)55(78)68(20)43(29-33(5)6)57(80)69(21)44(30-34(7)8)58(81)70(22)48(37(13)14)60(83)71(49)23/h24,26,32-44,46-50,73H,25,27-31H2,1-23H3,(H,61,75)(H,62,74)(H,63,77)(H,64,72)(H,65,76)/b26-24+/t38-,39+,40-,41+,42+,43+,44-,46+,47+,48-,49+,50-/m1/s1. The van der Waals surface area contributed by atoms with Crippen LogP contribution in [-0.2, 0) is 52.7 Å². The fourth-order valence-corrected chi connectivity index (χ4v) is 10.3. The van der Waals surface area contributed by atoms with Crippen molar-refractivity contribution < 1.29 is 57.8 Å². The topological polar surface area (TPSA) is 288 Å². The van der Waals surface area contributed by atoms with E-state index in [4.69, 9.17) is 0 Å². The van der Waals surface area contributed by atoms with Crippen molar-refractivity contribution in [3.8, 4) is 0 Å². The van der Waals surface area contributed by atoms with Gasteiger partial charge in [-0.25, -0.2) is 0 Å². The van der Waals surface area contributed by atoms with E-state index in [9.17, 15) is 48.3 Å². The number of nitrogens with one attached hydrogen (secondary N) is 5. The number of carbonyl (C=O) groups is 11. The fraction of sp³-hybridized carbons (Fsp3) is 0.783. The molecule has 0 aromatic rings. The zero-order valence-corrected chi connectivity index (χ0v) is 54.4. The van der Waals surface area contributed by atoms with Gasteiger partial charge < -0.3 is 61.1 Å². The normalized spacial score (nSPS) is 27.1. The van der Waals surface area contributed by atoms with Gasteiger partial charge in [-0.3, -0.25) is 52.7 Å². The van der Waals surface area contributed by atoms with Gasteiger partial charge in [-0.1, -0.05) is 109 Å². The summed E-state index contributed by atoms with van der Waals surface area (Å²) in [5.74, 6) is -10.3. The van der Waals surface area contributed by atoms with E-state index in [0.717, 1.165) is 9.80 Å². The van der Waals surface area contributed by atoms with Crippen molar-refractivity contribution in [2.75, 3.05) is 48.8 Å². The van der Waals surface area contributed by atoms with Gasteiger partial charge in [0, 0.05) is 42.3 Å². The van der Waals surface area contributed by atoms with Crippen molar-refractivity contribution in [1.29, 1.82) is 0 Å². The molecule has 0 saturated carbocycles. The van der Waals surface area contributed by atoms with Gasteiger partial charge in [0.05, 0.1) is 12.6 Å². The lowest BCUT2D eigenvalue weighted by Gasteiger charge is -2.41. The van der Waals surface area contributed by atoms with Gasteiger partial charge in [0.1, 0.15) is 60.4 Å². The highest BCUT2D eigenvalue weighted by molar-refractivity contribution is 5.99. The van der Waals surface area contributed by atoms with Crippen LogP contribution in [0.4, 0.5) is 0 Å². The van der Waals surface area contributed by atoms with Crippen molar-refractivity contribution in [1.82, 2.24) is 56.0 Å². The lowest BCUT2D eigenvalue weighted by Crippen LogP contribution is -2.63. The van der Waals surface area contributed by atoms with E-state index in [0.29, 0.717) is 6.42 Å². The van der Waals surface area contributed by atoms with E-state index in [1.807, 2.05) is 41.5 Å². The van der Waals surface area contributed by atoms with Crippen LogP contribution in [0.5, 0.6) is 0 Å². The number of allylic oxidation sites excluding steroid dienone is 2. The highest BCUT2D eigenvalue weighted by Crippen LogP contribution is 2.25.